The first-order chi connectivity index (χ1) is 15.0. The molecule has 0 aliphatic heterocycles. The summed E-state index contributed by atoms with van der Waals surface area (Å²) in [5.74, 6) is 1.11. The minimum atomic E-state index is 0.175. The van der Waals surface area contributed by atoms with Crippen LogP contribution in [0.3, 0.4) is 0 Å². The molecule has 31 heavy (non-hydrogen) atoms. The van der Waals surface area contributed by atoms with Crippen LogP contribution in [0.2, 0.25) is 0 Å². The van der Waals surface area contributed by atoms with Gasteiger partial charge in [-0.05, 0) is 74.7 Å². The zero-order valence-corrected chi connectivity index (χ0v) is 19.4. The molecule has 0 atom stereocenters. The minimum Gasteiger partial charge on any atom is -0.496 e. The van der Waals surface area contributed by atoms with Crippen LogP contribution in [0.4, 0.5) is 5.69 Å². The van der Waals surface area contributed by atoms with E-state index in [0.29, 0.717) is 6.42 Å². The number of amides is 1. The van der Waals surface area contributed by atoms with Crippen LogP contribution in [0.15, 0.2) is 42.5 Å². The van der Waals surface area contributed by atoms with E-state index in [0.717, 1.165) is 74.2 Å². The molecular weight excluding hydrogens is 388 g/mol. The van der Waals surface area contributed by atoms with Crippen LogP contribution in [0.1, 0.15) is 54.1 Å². The molecule has 5 heteroatoms. The molecule has 168 valence electrons. The van der Waals surface area contributed by atoms with Crippen molar-refractivity contribution in [2.45, 2.75) is 45.4 Å². The van der Waals surface area contributed by atoms with Gasteiger partial charge in [-0.2, -0.15) is 0 Å². The highest BCUT2D eigenvalue weighted by Gasteiger charge is 2.12. The minimum absolute atomic E-state index is 0.175. The Hall–Kier alpha value is -2.66. The number of unbranched alkanes of at least 4 members (excludes halogenated alkanes) is 1. The van der Waals surface area contributed by atoms with Crippen molar-refractivity contribution in [3.63, 3.8) is 0 Å². The standard InChI is InChI=1S/C26H36N2O3/c1-5-10-22-19-23(14-15-24(22)28(3)20-29)25(30)12-8-9-17-27(2)18-16-21-11-6-7-13-26(21)31-4/h6-7,11,13-15,19-20H,5,8-10,12,16-18H2,1-4H3. The van der Waals surface area contributed by atoms with Crippen molar-refractivity contribution in [3.8, 4) is 5.75 Å². The third kappa shape index (κ3) is 7.51. The van der Waals surface area contributed by atoms with Crippen LogP contribution in [-0.2, 0) is 17.6 Å². The summed E-state index contributed by atoms with van der Waals surface area (Å²) >= 11 is 0. The summed E-state index contributed by atoms with van der Waals surface area (Å²) in [6, 6.07) is 13.8. The molecule has 2 aromatic rings. The van der Waals surface area contributed by atoms with Gasteiger partial charge in [-0.3, -0.25) is 9.59 Å². The number of Topliss-reactive ketones (excluding diaryl/α,β-unsaturated/α-hetero) is 1. The Labute approximate surface area is 187 Å². The predicted molar refractivity (Wildman–Crippen MR) is 127 cm³/mol. The maximum atomic E-state index is 12.7. The molecule has 0 N–H and O–H groups in total. The largest absolute Gasteiger partial charge is 0.496 e. The molecule has 0 unspecified atom stereocenters. The number of hydrogen-bond donors (Lipinski definition) is 0. The maximum Gasteiger partial charge on any atom is 0.213 e. The number of carbonyl (C=O) groups is 2. The highest BCUT2D eigenvalue weighted by atomic mass is 16.5. The average Bonchev–Trinajstić information content (AvgIpc) is 2.80. The molecule has 2 aromatic carbocycles. The van der Waals surface area contributed by atoms with Gasteiger partial charge < -0.3 is 14.5 Å². The van der Waals surface area contributed by atoms with Crippen molar-refractivity contribution in [1.82, 2.24) is 4.90 Å². The molecule has 0 saturated carbocycles. The first-order valence-corrected chi connectivity index (χ1v) is 11.1. The third-order valence-corrected chi connectivity index (χ3v) is 5.61. The summed E-state index contributed by atoms with van der Waals surface area (Å²) in [7, 11) is 5.57. The summed E-state index contributed by atoms with van der Waals surface area (Å²) in [5, 5.41) is 0. The van der Waals surface area contributed by atoms with E-state index in [1.54, 1.807) is 19.1 Å². The number of anilines is 1. The van der Waals surface area contributed by atoms with Gasteiger partial charge in [-0.1, -0.05) is 31.5 Å². The van der Waals surface area contributed by atoms with Gasteiger partial charge in [0.2, 0.25) is 6.41 Å². The first-order valence-electron chi connectivity index (χ1n) is 11.1. The SMILES string of the molecule is CCCc1cc(C(=O)CCCCN(C)CCc2ccccc2OC)ccc1N(C)C=O. The number of para-hydroxylation sites is 1. The first kappa shape index (κ1) is 24.6. The summed E-state index contributed by atoms with van der Waals surface area (Å²) < 4.78 is 5.42. The zero-order chi connectivity index (χ0) is 22.6. The molecule has 0 saturated heterocycles. The fraction of sp³-hybridized carbons (Fsp3) is 0.462. The molecule has 0 aliphatic rings. The Morgan fingerprint density at radius 2 is 1.77 bits per heavy atom. The van der Waals surface area contributed by atoms with Crippen molar-refractivity contribution < 1.29 is 14.3 Å². The van der Waals surface area contributed by atoms with Crippen molar-refractivity contribution in [3.05, 3.63) is 59.2 Å². The summed E-state index contributed by atoms with van der Waals surface area (Å²) in [5.41, 5.74) is 3.90. The number of benzene rings is 2. The Bertz CT molecular complexity index is 850. The Kier molecular flexibility index (Phi) is 10.2. The van der Waals surface area contributed by atoms with E-state index in [4.69, 9.17) is 4.74 Å². The van der Waals surface area contributed by atoms with E-state index in [2.05, 4.69) is 24.9 Å². The molecular formula is C26H36N2O3. The maximum absolute atomic E-state index is 12.7. The van der Waals surface area contributed by atoms with Crippen LogP contribution in [0, 0.1) is 0 Å². The van der Waals surface area contributed by atoms with Crippen molar-refractivity contribution in [2.24, 2.45) is 0 Å². The number of methoxy groups -OCH3 is 1. The Morgan fingerprint density at radius 3 is 2.48 bits per heavy atom. The average molecular weight is 425 g/mol. The highest BCUT2D eigenvalue weighted by molar-refractivity contribution is 5.97. The number of hydrogen-bond acceptors (Lipinski definition) is 4. The van der Waals surface area contributed by atoms with E-state index < -0.39 is 0 Å². The number of likely N-dealkylation sites (N-methyl/N-ethyl adjacent to an activating group) is 1. The second-order valence-electron chi connectivity index (χ2n) is 8.06. The molecule has 0 bridgehead atoms. The lowest BCUT2D eigenvalue weighted by Gasteiger charge is -2.18. The van der Waals surface area contributed by atoms with Gasteiger partial charge in [0.25, 0.3) is 0 Å². The Balaban J connectivity index is 1.79. The molecule has 0 spiro atoms. The molecule has 0 radical (unpaired) electrons. The van der Waals surface area contributed by atoms with Gasteiger partial charge >= 0.3 is 0 Å². The molecule has 2 rings (SSSR count). The zero-order valence-electron chi connectivity index (χ0n) is 19.4. The fourth-order valence-electron chi connectivity index (χ4n) is 3.77. The number of ketones is 1. The summed E-state index contributed by atoms with van der Waals surface area (Å²) in [6.45, 7) is 4.02. The van der Waals surface area contributed by atoms with Crippen molar-refractivity contribution in [1.29, 1.82) is 0 Å². The number of carbonyl (C=O) groups excluding carboxylic acids is 2. The van der Waals surface area contributed by atoms with Gasteiger partial charge in [0.05, 0.1) is 7.11 Å². The number of nitrogens with zero attached hydrogens (tertiary/aromatic N) is 2. The highest BCUT2D eigenvalue weighted by Crippen LogP contribution is 2.23. The van der Waals surface area contributed by atoms with Crippen LogP contribution < -0.4 is 9.64 Å². The smallest absolute Gasteiger partial charge is 0.213 e. The predicted octanol–water partition coefficient (Wildman–Crippen LogP) is 4.77. The van der Waals surface area contributed by atoms with E-state index in [9.17, 15) is 9.59 Å². The monoisotopic (exact) mass is 424 g/mol. The summed E-state index contributed by atoms with van der Waals surface area (Å²) in [4.78, 5) is 27.7. The van der Waals surface area contributed by atoms with Crippen LogP contribution >= 0.6 is 0 Å². The van der Waals surface area contributed by atoms with Crippen LogP contribution in [-0.4, -0.2) is 51.4 Å². The van der Waals surface area contributed by atoms with E-state index in [1.165, 1.54) is 5.56 Å². The van der Waals surface area contributed by atoms with Gasteiger partial charge in [0.15, 0.2) is 5.78 Å². The van der Waals surface area contributed by atoms with Crippen LogP contribution in [0.5, 0.6) is 5.75 Å². The molecule has 0 fully saturated rings. The summed E-state index contributed by atoms with van der Waals surface area (Å²) in [6.07, 6.45) is 5.99. The molecule has 0 aliphatic carbocycles. The van der Waals surface area contributed by atoms with Gasteiger partial charge in [-0.25, -0.2) is 0 Å². The molecule has 0 heterocycles. The lowest BCUT2D eigenvalue weighted by molar-refractivity contribution is -0.107. The Morgan fingerprint density at radius 1 is 1.00 bits per heavy atom. The van der Waals surface area contributed by atoms with E-state index >= 15 is 0 Å². The molecule has 5 nitrogen and oxygen atoms in total. The fourth-order valence-corrected chi connectivity index (χ4v) is 3.77. The topological polar surface area (TPSA) is 49.9 Å². The van der Waals surface area contributed by atoms with E-state index in [1.807, 2.05) is 36.4 Å². The van der Waals surface area contributed by atoms with Gasteiger partial charge in [-0.15, -0.1) is 0 Å². The molecule has 0 aromatic heterocycles. The van der Waals surface area contributed by atoms with Crippen LogP contribution in [0.25, 0.3) is 0 Å². The second kappa shape index (κ2) is 12.9. The van der Waals surface area contributed by atoms with Gasteiger partial charge in [0.1, 0.15) is 5.75 Å². The normalized spacial score (nSPS) is 10.9. The molecule has 1 amide bonds. The third-order valence-electron chi connectivity index (χ3n) is 5.61. The van der Waals surface area contributed by atoms with Gasteiger partial charge in [0, 0.05) is 31.3 Å². The quantitative estimate of drug-likeness (QED) is 0.249. The van der Waals surface area contributed by atoms with Crippen molar-refractivity contribution in [2.75, 3.05) is 39.2 Å². The number of rotatable bonds is 14. The second-order valence-corrected chi connectivity index (χ2v) is 8.06. The number of aryl methyl sites for hydroxylation is 1. The number of ether oxygens (including phenoxy) is 1. The lowest BCUT2D eigenvalue weighted by Crippen LogP contribution is -2.22. The van der Waals surface area contributed by atoms with E-state index in [-0.39, 0.29) is 5.78 Å². The lowest BCUT2D eigenvalue weighted by atomic mass is 9.99. The van der Waals surface area contributed by atoms with Crippen molar-refractivity contribution >= 4 is 17.9 Å².